The molecule has 3 aromatic rings. The van der Waals surface area contributed by atoms with Crippen LogP contribution >= 0.6 is 34.5 Å². The van der Waals surface area contributed by atoms with Gasteiger partial charge in [-0.1, -0.05) is 35.3 Å². The second-order valence-corrected chi connectivity index (χ2v) is 9.44. The summed E-state index contributed by atoms with van der Waals surface area (Å²) in [6.45, 7) is 0. The number of fused-ring (bicyclic) bond motifs is 1. The third kappa shape index (κ3) is 5.03. The molecule has 4 nitrogen and oxygen atoms in total. The molecule has 0 spiro atoms. The first-order chi connectivity index (χ1) is 15.6. The quantitative estimate of drug-likeness (QED) is 0.381. The predicted molar refractivity (Wildman–Crippen MR) is 125 cm³/mol. The van der Waals surface area contributed by atoms with E-state index in [1.54, 1.807) is 0 Å². The van der Waals surface area contributed by atoms with E-state index in [9.17, 15) is 22.8 Å². The number of aryl methyl sites for hydroxylation is 1. The van der Waals surface area contributed by atoms with Crippen LogP contribution in [0.1, 0.15) is 49.6 Å². The fourth-order valence-corrected chi connectivity index (χ4v) is 5.54. The topological polar surface area (TPSA) is 58.2 Å². The molecule has 1 aliphatic rings. The molecule has 0 radical (unpaired) electrons. The number of para-hydroxylation sites is 1. The molecule has 0 fully saturated rings. The third-order valence-corrected chi connectivity index (χ3v) is 7.04. The zero-order valence-corrected chi connectivity index (χ0v) is 19.3. The van der Waals surface area contributed by atoms with Gasteiger partial charge in [-0.25, -0.2) is 0 Å². The van der Waals surface area contributed by atoms with Gasteiger partial charge in [0.1, 0.15) is 5.00 Å². The molecule has 0 aliphatic heterocycles. The Morgan fingerprint density at radius 1 is 0.939 bits per heavy atom. The molecule has 10 heteroatoms. The number of anilines is 2. The first-order valence-electron chi connectivity index (χ1n) is 10.0. The van der Waals surface area contributed by atoms with E-state index in [1.807, 2.05) is 0 Å². The van der Waals surface area contributed by atoms with Gasteiger partial charge in [0, 0.05) is 9.90 Å². The highest BCUT2D eigenvalue weighted by atomic mass is 35.5. The number of benzene rings is 2. The van der Waals surface area contributed by atoms with Gasteiger partial charge in [-0.2, -0.15) is 13.2 Å². The summed E-state index contributed by atoms with van der Waals surface area (Å²) >= 11 is 13.3. The van der Waals surface area contributed by atoms with Crippen molar-refractivity contribution in [1.29, 1.82) is 0 Å². The van der Waals surface area contributed by atoms with Crippen LogP contribution in [0.3, 0.4) is 0 Å². The van der Waals surface area contributed by atoms with E-state index in [0.717, 1.165) is 35.8 Å². The van der Waals surface area contributed by atoms with Crippen LogP contribution in [0.5, 0.6) is 0 Å². The molecule has 0 atom stereocenters. The van der Waals surface area contributed by atoms with Crippen LogP contribution in [-0.4, -0.2) is 11.8 Å². The largest absolute Gasteiger partial charge is 0.418 e. The van der Waals surface area contributed by atoms with Gasteiger partial charge in [-0.05, 0) is 61.6 Å². The standard InChI is InChI=1S/C23H17Cl2F3N2O2S/c24-12-9-10-13(16(25)11-12)20(31)30-22-19(14-5-1-4-8-18(14)33-22)21(32)29-17-7-3-2-6-15(17)23(26,27)28/h2-3,6-7,9-11H,1,4-5,8H2,(H,29,32)(H,30,31). The summed E-state index contributed by atoms with van der Waals surface area (Å²) in [5.74, 6) is -1.25. The zero-order chi connectivity index (χ0) is 23.8. The van der Waals surface area contributed by atoms with E-state index in [2.05, 4.69) is 10.6 Å². The monoisotopic (exact) mass is 512 g/mol. The molecule has 172 valence electrons. The Balaban J connectivity index is 1.69. The van der Waals surface area contributed by atoms with Crippen molar-refractivity contribution in [3.8, 4) is 0 Å². The van der Waals surface area contributed by atoms with Crippen LogP contribution < -0.4 is 10.6 Å². The van der Waals surface area contributed by atoms with Gasteiger partial charge in [0.05, 0.1) is 27.4 Å². The summed E-state index contributed by atoms with van der Waals surface area (Å²) in [5.41, 5.74) is -0.179. The number of alkyl halides is 3. The number of thiophene rings is 1. The van der Waals surface area contributed by atoms with Gasteiger partial charge < -0.3 is 10.6 Å². The van der Waals surface area contributed by atoms with Crippen molar-refractivity contribution in [3.05, 3.63) is 79.6 Å². The van der Waals surface area contributed by atoms with Crippen molar-refractivity contribution < 1.29 is 22.8 Å². The van der Waals surface area contributed by atoms with Gasteiger partial charge in [-0.3, -0.25) is 9.59 Å². The number of rotatable bonds is 4. The predicted octanol–water partition coefficient (Wildman–Crippen LogP) is 7.46. The Kier molecular flexibility index (Phi) is 6.70. The van der Waals surface area contributed by atoms with Crippen molar-refractivity contribution in [2.24, 2.45) is 0 Å². The normalized spacial score (nSPS) is 13.4. The summed E-state index contributed by atoms with van der Waals surface area (Å²) in [4.78, 5) is 27.0. The van der Waals surface area contributed by atoms with Crippen molar-refractivity contribution in [2.75, 3.05) is 10.6 Å². The fourth-order valence-electron chi connectivity index (χ4n) is 3.76. The number of hydrogen-bond acceptors (Lipinski definition) is 3. The number of carbonyl (C=O) groups excluding carboxylic acids is 2. The number of amides is 2. The van der Waals surface area contributed by atoms with Crippen molar-refractivity contribution in [1.82, 2.24) is 0 Å². The lowest BCUT2D eigenvalue weighted by Gasteiger charge is -2.16. The highest BCUT2D eigenvalue weighted by Crippen LogP contribution is 2.40. The SMILES string of the molecule is O=C(Nc1sc2c(c1C(=O)Nc1ccccc1C(F)(F)F)CCCC2)c1ccc(Cl)cc1Cl. The molecule has 1 heterocycles. The van der Waals surface area contributed by atoms with Crippen LogP contribution in [0.25, 0.3) is 0 Å². The first kappa shape index (κ1) is 23.6. The lowest BCUT2D eigenvalue weighted by atomic mass is 9.95. The average Bonchev–Trinajstić information content (AvgIpc) is 3.11. The number of nitrogens with one attached hydrogen (secondary N) is 2. The van der Waals surface area contributed by atoms with Gasteiger partial charge in [-0.15, -0.1) is 11.3 Å². The maximum Gasteiger partial charge on any atom is 0.418 e. The molecule has 1 aromatic heterocycles. The van der Waals surface area contributed by atoms with E-state index in [1.165, 1.54) is 47.7 Å². The summed E-state index contributed by atoms with van der Waals surface area (Å²) in [5, 5.41) is 5.91. The maximum atomic E-state index is 13.4. The molecule has 4 rings (SSSR count). The molecule has 1 aliphatic carbocycles. The number of halogens is 5. The van der Waals surface area contributed by atoms with Gasteiger partial charge >= 0.3 is 6.18 Å². The fraction of sp³-hybridized carbons (Fsp3) is 0.217. The third-order valence-electron chi connectivity index (χ3n) is 5.28. The summed E-state index contributed by atoms with van der Waals surface area (Å²) < 4.78 is 40.2. The van der Waals surface area contributed by atoms with Crippen molar-refractivity contribution in [2.45, 2.75) is 31.9 Å². The van der Waals surface area contributed by atoms with Gasteiger partial charge in [0.2, 0.25) is 0 Å². The van der Waals surface area contributed by atoms with Crippen LogP contribution in [-0.2, 0) is 19.0 Å². The van der Waals surface area contributed by atoms with Crippen molar-refractivity contribution in [3.63, 3.8) is 0 Å². The minimum Gasteiger partial charge on any atom is -0.321 e. The molecule has 0 saturated heterocycles. The van der Waals surface area contributed by atoms with Crippen LogP contribution in [0, 0.1) is 0 Å². The second kappa shape index (κ2) is 9.37. The minimum atomic E-state index is -4.62. The Morgan fingerprint density at radius 3 is 2.39 bits per heavy atom. The summed E-state index contributed by atoms with van der Waals surface area (Å²) in [6.07, 6.45) is -1.51. The number of carbonyl (C=O) groups is 2. The molecule has 0 bridgehead atoms. The van der Waals surface area contributed by atoms with Gasteiger partial charge in [0.25, 0.3) is 11.8 Å². The Hall–Kier alpha value is -2.55. The molecule has 2 N–H and O–H groups in total. The Bertz CT molecular complexity index is 1240. The Labute approximate surface area is 201 Å². The lowest BCUT2D eigenvalue weighted by molar-refractivity contribution is -0.136. The first-order valence-corrected chi connectivity index (χ1v) is 11.6. The molecule has 2 amide bonds. The average molecular weight is 513 g/mol. The molecule has 0 unspecified atom stereocenters. The van der Waals surface area contributed by atoms with Crippen molar-refractivity contribution >= 4 is 57.0 Å². The van der Waals surface area contributed by atoms with E-state index in [-0.39, 0.29) is 26.8 Å². The molecule has 2 aromatic carbocycles. The smallest absolute Gasteiger partial charge is 0.321 e. The van der Waals surface area contributed by atoms with E-state index < -0.39 is 23.6 Å². The highest BCUT2D eigenvalue weighted by molar-refractivity contribution is 7.17. The number of hydrogen-bond donors (Lipinski definition) is 2. The van der Waals surface area contributed by atoms with Crippen LogP contribution in [0.15, 0.2) is 42.5 Å². The molecular weight excluding hydrogens is 496 g/mol. The summed E-state index contributed by atoms with van der Waals surface area (Å²) in [7, 11) is 0. The van der Waals surface area contributed by atoms with Crippen LogP contribution in [0.2, 0.25) is 10.0 Å². The van der Waals surface area contributed by atoms with E-state index >= 15 is 0 Å². The van der Waals surface area contributed by atoms with E-state index in [4.69, 9.17) is 23.2 Å². The summed E-state index contributed by atoms with van der Waals surface area (Å²) in [6, 6.07) is 9.19. The minimum absolute atomic E-state index is 0.145. The maximum absolute atomic E-state index is 13.4. The zero-order valence-electron chi connectivity index (χ0n) is 17.0. The lowest BCUT2D eigenvalue weighted by Crippen LogP contribution is -2.20. The van der Waals surface area contributed by atoms with Crippen LogP contribution in [0.4, 0.5) is 23.9 Å². The second-order valence-electron chi connectivity index (χ2n) is 7.49. The molecular formula is C23H17Cl2F3N2O2S. The van der Waals surface area contributed by atoms with Gasteiger partial charge in [0.15, 0.2) is 0 Å². The highest BCUT2D eigenvalue weighted by Gasteiger charge is 2.34. The molecule has 0 saturated carbocycles. The van der Waals surface area contributed by atoms with E-state index in [0.29, 0.717) is 11.4 Å². The Morgan fingerprint density at radius 2 is 1.67 bits per heavy atom. The molecule has 33 heavy (non-hydrogen) atoms.